The summed E-state index contributed by atoms with van der Waals surface area (Å²) in [5, 5.41) is 0. The Labute approximate surface area is 158 Å². The minimum atomic E-state index is -4.58. The first-order valence-corrected chi connectivity index (χ1v) is 9.16. The van der Waals surface area contributed by atoms with Crippen LogP contribution in [-0.2, 0) is 6.18 Å². The van der Waals surface area contributed by atoms with Gasteiger partial charge in [-0.1, -0.05) is 39.0 Å². The zero-order valence-electron chi connectivity index (χ0n) is 16.3. The highest BCUT2D eigenvalue weighted by molar-refractivity contribution is 5.63. The van der Waals surface area contributed by atoms with Crippen LogP contribution in [0.3, 0.4) is 0 Å². The molecule has 0 bridgehead atoms. The predicted octanol–water partition coefficient (Wildman–Crippen LogP) is 5.95. The summed E-state index contributed by atoms with van der Waals surface area (Å²) >= 11 is 0. The molecule has 27 heavy (non-hydrogen) atoms. The van der Waals surface area contributed by atoms with E-state index < -0.39 is 17.6 Å². The van der Waals surface area contributed by atoms with Crippen molar-refractivity contribution in [3.63, 3.8) is 0 Å². The molecule has 4 nitrogen and oxygen atoms in total. The van der Waals surface area contributed by atoms with Crippen LogP contribution in [0.25, 0.3) is 0 Å². The zero-order valence-corrected chi connectivity index (χ0v) is 16.3. The standard InChI is InChI=1S/C20H26F3N3O/c1-6-14(5)27-18-16(20(21,22)23)12-24-19(25-18)26(7-2)17-11-9-8-10-15(17)13(3)4/h8-14H,6-7H2,1-5H3. The van der Waals surface area contributed by atoms with Crippen LogP contribution in [0.2, 0.25) is 0 Å². The molecule has 0 radical (unpaired) electrons. The number of ether oxygens (including phenoxy) is 1. The van der Waals surface area contributed by atoms with E-state index in [1.54, 1.807) is 11.8 Å². The van der Waals surface area contributed by atoms with Crippen LogP contribution in [0.1, 0.15) is 58.1 Å². The lowest BCUT2D eigenvalue weighted by molar-refractivity contribution is -0.139. The van der Waals surface area contributed by atoms with Gasteiger partial charge in [-0.3, -0.25) is 0 Å². The van der Waals surface area contributed by atoms with Crippen molar-refractivity contribution in [3.8, 4) is 5.88 Å². The molecule has 0 fully saturated rings. The quantitative estimate of drug-likeness (QED) is 0.594. The summed E-state index contributed by atoms with van der Waals surface area (Å²) in [6.07, 6.45) is -3.58. The first-order valence-electron chi connectivity index (χ1n) is 9.16. The van der Waals surface area contributed by atoms with E-state index >= 15 is 0 Å². The molecule has 1 unspecified atom stereocenters. The van der Waals surface area contributed by atoms with Crippen molar-refractivity contribution in [2.45, 2.75) is 59.2 Å². The maximum Gasteiger partial charge on any atom is 0.423 e. The third-order valence-electron chi connectivity index (χ3n) is 4.34. The molecule has 0 N–H and O–H groups in total. The van der Waals surface area contributed by atoms with Gasteiger partial charge in [-0.2, -0.15) is 18.2 Å². The van der Waals surface area contributed by atoms with Gasteiger partial charge < -0.3 is 9.64 Å². The third kappa shape index (κ3) is 4.90. The Hall–Kier alpha value is -2.31. The highest BCUT2D eigenvalue weighted by Crippen LogP contribution is 2.37. The summed E-state index contributed by atoms with van der Waals surface area (Å²) in [5.74, 6) is 0.0137. The first-order chi connectivity index (χ1) is 12.7. The number of aromatic nitrogens is 2. The van der Waals surface area contributed by atoms with E-state index in [4.69, 9.17) is 4.74 Å². The molecule has 148 valence electrons. The fraction of sp³-hybridized carbons (Fsp3) is 0.500. The fourth-order valence-electron chi connectivity index (χ4n) is 2.69. The van der Waals surface area contributed by atoms with Crippen LogP contribution < -0.4 is 9.64 Å². The van der Waals surface area contributed by atoms with Gasteiger partial charge >= 0.3 is 6.18 Å². The van der Waals surface area contributed by atoms with Crippen molar-refractivity contribution in [1.82, 2.24) is 9.97 Å². The topological polar surface area (TPSA) is 38.2 Å². The Morgan fingerprint density at radius 3 is 2.33 bits per heavy atom. The number of hydrogen-bond acceptors (Lipinski definition) is 4. The monoisotopic (exact) mass is 381 g/mol. The number of benzene rings is 1. The van der Waals surface area contributed by atoms with E-state index in [0.717, 1.165) is 17.4 Å². The number of anilines is 2. The molecule has 0 spiro atoms. The average Bonchev–Trinajstić information content (AvgIpc) is 2.61. The number of nitrogens with zero attached hydrogens (tertiary/aromatic N) is 3. The van der Waals surface area contributed by atoms with Crippen LogP contribution >= 0.6 is 0 Å². The highest BCUT2D eigenvalue weighted by Gasteiger charge is 2.37. The van der Waals surface area contributed by atoms with Crippen molar-refractivity contribution < 1.29 is 17.9 Å². The average molecular weight is 381 g/mol. The van der Waals surface area contributed by atoms with Crippen LogP contribution in [-0.4, -0.2) is 22.6 Å². The second-order valence-electron chi connectivity index (χ2n) is 6.68. The van der Waals surface area contributed by atoms with Crippen molar-refractivity contribution in [3.05, 3.63) is 41.6 Å². The normalized spacial score (nSPS) is 12.9. The molecule has 0 aliphatic rings. The second-order valence-corrected chi connectivity index (χ2v) is 6.68. The van der Waals surface area contributed by atoms with E-state index in [1.807, 2.05) is 38.1 Å². The molecule has 7 heteroatoms. The van der Waals surface area contributed by atoms with E-state index in [-0.39, 0.29) is 18.0 Å². The van der Waals surface area contributed by atoms with Gasteiger partial charge in [-0.05, 0) is 37.8 Å². The van der Waals surface area contributed by atoms with Crippen molar-refractivity contribution in [1.29, 1.82) is 0 Å². The SMILES string of the molecule is CCC(C)Oc1nc(N(CC)c2ccccc2C(C)C)ncc1C(F)(F)F. The fourth-order valence-corrected chi connectivity index (χ4v) is 2.69. The molecule has 0 amide bonds. The molecular formula is C20H26F3N3O. The molecule has 2 aromatic rings. The Kier molecular flexibility index (Phi) is 6.68. The van der Waals surface area contributed by atoms with Gasteiger partial charge in [0.15, 0.2) is 0 Å². The van der Waals surface area contributed by atoms with E-state index in [1.165, 1.54) is 0 Å². The molecule has 0 aliphatic heterocycles. The Morgan fingerprint density at radius 1 is 1.11 bits per heavy atom. The minimum Gasteiger partial charge on any atom is -0.474 e. The van der Waals surface area contributed by atoms with Crippen LogP contribution in [0, 0.1) is 0 Å². The molecule has 1 aromatic heterocycles. The highest BCUT2D eigenvalue weighted by atomic mass is 19.4. The Balaban J connectivity index is 2.55. The van der Waals surface area contributed by atoms with Crippen molar-refractivity contribution in [2.24, 2.45) is 0 Å². The van der Waals surface area contributed by atoms with Gasteiger partial charge in [-0.15, -0.1) is 0 Å². The largest absolute Gasteiger partial charge is 0.474 e. The lowest BCUT2D eigenvalue weighted by atomic mass is 10.0. The maximum atomic E-state index is 13.3. The predicted molar refractivity (Wildman–Crippen MR) is 101 cm³/mol. The second kappa shape index (κ2) is 8.59. The molecule has 1 heterocycles. The molecule has 0 saturated heterocycles. The number of alkyl halides is 3. The van der Waals surface area contributed by atoms with E-state index in [9.17, 15) is 13.2 Å². The molecule has 1 aromatic carbocycles. The number of rotatable bonds is 7. The summed E-state index contributed by atoms with van der Waals surface area (Å²) in [6.45, 7) is 10.1. The molecule has 2 rings (SSSR count). The lowest BCUT2D eigenvalue weighted by Gasteiger charge is -2.26. The summed E-state index contributed by atoms with van der Waals surface area (Å²) in [5.41, 5.74) is 0.997. The number of hydrogen-bond donors (Lipinski definition) is 0. The molecule has 0 saturated carbocycles. The van der Waals surface area contributed by atoms with Crippen molar-refractivity contribution >= 4 is 11.6 Å². The first kappa shape index (κ1) is 21.0. The van der Waals surface area contributed by atoms with Gasteiger partial charge in [0.1, 0.15) is 5.56 Å². The summed E-state index contributed by atoms with van der Waals surface area (Å²) in [6, 6.07) is 7.76. The van der Waals surface area contributed by atoms with E-state index in [2.05, 4.69) is 23.8 Å². The lowest BCUT2D eigenvalue weighted by Crippen LogP contribution is -2.23. The third-order valence-corrected chi connectivity index (χ3v) is 4.34. The molecule has 1 atom stereocenters. The van der Waals surface area contributed by atoms with Gasteiger partial charge in [0.25, 0.3) is 0 Å². The van der Waals surface area contributed by atoms with Gasteiger partial charge in [0.05, 0.1) is 6.10 Å². The zero-order chi connectivity index (χ0) is 20.2. The van der Waals surface area contributed by atoms with Crippen molar-refractivity contribution in [2.75, 3.05) is 11.4 Å². The summed E-state index contributed by atoms with van der Waals surface area (Å²) in [4.78, 5) is 9.95. The smallest absolute Gasteiger partial charge is 0.423 e. The Bertz CT molecular complexity index is 762. The minimum absolute atomic E-state index is 0.192. The van der Waals surface area contributed by atoms with Gasteiger partial charge in [0.2, 0.25) is 11.8 Å². The van der Waals surface area contributed by atoms with Gasteiger partial charge in [-0.25, -0.2) is 4.98 Å². The number of halogens is 3. The molecular weight excluding hydrogens is 355 g/mol. The van der Waals surface area contributed by atoms with Crippen LogP contribution in [0.15, 0.2) is 30.5 Å². The Morgan fingerprint density at radius 2 is 1.78 bits per heavy atom. The summed E-state index contributed by atoms with van der Waals surface area (Å²) < 4.78 is 45.5. The molecule has 0 aliphatic carbocycles. The summed E-state index contributed by atoms with van der Waals surface area (Å²) in [7, 11) is 0. The number of para-hydroxylation sites is 1. The van der Waals surface area contributed by atoms with Gasteiger partial charge in [0, 0.05) is 18.4 Å². The van der Waals surface area contributed by atoms with Crippen LogP contribution in [0.5, 0.6) is 5.88 Å². The maximum absolute atomic E-state index is 13.3. The van der Waals surface area contributed by atoms with E-state index in [0.29, 0.717) is 13.0 Å². The van der Waals surface area contributed by atoms with Crippen LogP contribution in [0.4, 0.5) is 24.8 Å².